The van der Waals surface area contributed by atoms with Gasteiger partial charge in [-0.25, -0.2) is 0 Å². The maximum atomic E-state index is 11.0. The average molecular weight is 480 g/mol. The molecule has 0 aromatic heterocycles. The summed E-state index contributed by atoms with van der Waals surface area (Å²) in [6, 6.07) is 23.6. The van der Waals surface area contributed by atoms with Gasteiger partial charge in [0.1, 0.15) is 24.4 Å². The van der Waals surface area contributed by atoms with Crippen molar-refractivity contribution in [3.63, 3.8) is 0 Å². The van der Waals surface area contributed by atoms with Crippen LogP contribution in [0.25, 0.3) is 21.2 Å². The van der Waals surface area contributed by atoms with Crippen molar-refractivity contribution in [2.45, 2.75) is 43.9 Å². The Hall–Kier alpha value is -3.01. The number of nitrogens with zero attached hydrogens (tertiary/aromatic N) is 3. The average Bonchev–Trinajstić information content (AvgIpc) is 2.89. The minimum atomic E-state index is -1.25. The Morgan fingerprint density at radius 1 is 0.857 bits per heavy atom. The van der Waals surface area contributed by atoms with Crippen LogP contribution in [0, 0.1) is 0 Å². The van der Waals surface area contributed by atoms with E-state index in [4.69, 9.17) is 24.5 Å². The molecule has 0 spiro atoms. The summed E-state index contributed by atoms with van der Waals surface area (Å²) < 4.78 is 23.2. The number of hydrogen-bond acceptors (Lipinski definition) is 7. The molecule has 2 N–H and O–H groups in total. The van der Waals surface area contributed by atoms with Crippen molar-refractivity contribution in [1.29, 1.82) is 0 Å². The van der Waals surface area contributed by atoms with Gasteiger partial charge >= 0.3 is 0 Å². The third kappa shape index (κ3) is 6.78. The van der Waals surface area contributed by atoms with Crippen LogP contribution in [0.2, 0.25) is 0 Å². The fourth-order valence-electron chi connectivity index (χ4n) is 4.02. The zero-order valence-corrected chi connectivity index (χ0v) is 19.2. The van der Waals surface area contributed by atoms with Crippen LogP contribution in [0.1, 0.15) is 11.1 Å². The standard InChI is InChI=1S/C26H29N3O6/c27-29-28-12-13-33-26-24(31)25(34-16-19-10-11-20-8-4-5-9-21(20)14-19)23(30)22(35-26)17-32-15-18-6-2-1-3-7-18/h1-11,14,22-26,30-31H,12-13,15-17H2/t22-,23-,24+,25+,26+/m1/s1. The van der Waals surface area contributed by atoms with Crippen molar-refractivity contribution >= 4 is 10.8 Å². The normalized spacial score (nSPS) is 24.2. The Bertz CT molecular complexity index is 1120. The maximum Gasteiger partial charge on any atom is 0.186 e. The largest absolute Gasteiger partial charge is 0.387 e. The van der Waals surface area contributed by atoms with Gasteiger partial charge in [-0.3, -0.25) is 0 Å². The highest BCUT2D eigenvalue weighted by Gasteiger charge is 2.46. The number of fused-ring (bicyclic) bond motifs is 1. The van der Waals surface area contributed by atoms with E-state index >= 15 is 0 Å². The summed E-state index contributed by atoms with van der Waals surface area (Å²) in [5.41, 5.74) is 10.4. The van der Waals surface area contributed by atoms with Crippen molar-refractivity contribution in [1.82, 2.24) is 0 Å². The maximum absolute atomic E-state index is 11.0. The zero-order valence-electron chi connectivity index (χ0n) is 19.2. The molecule has 184 valence electrons. The molecule has 1 aliphatic heterocycles. The number of hydrogen-bond donors (Lipinski definition) is 2. The minimum Gasteiger partial charge on any atom is -0.387 e. The van der Waals surface area contributed by atoms with Gasteiger partial charge in [0.25, 0.3) is 0 Å². The molecule has 4 rings (SSSR count). The van der Waals surface area contributed by atoms with Crippen LogP contribution in [0.3, 0.4) is 0 Å². The van der Waals surface area contributed by atoms with Crippen molar-refractivity contribution < 1.29 is 29.2 Å². The quantitative estimate of drug-likeness (QED) is 0.187. The monoisotopic (exact) mass is 479 g/mol. The van der Waals surface area contributed by atoms with Crippen molar-refractivity contribution in [3.05, 3.63) is 94.4 Å². The number of benzene rings is 3. The summed E-state index contributed by atoms with van der Waals surface area (Å²) in [7, 11) is 0. The van der Waals surface area contributed by atoms with E-state index in [0.717, 1.165) is 21.9 Å². The number of aliphatic hydroxyl groups is 2. The van der Waals surface area contributed by atoms with E-state index in [-0.39, 0.29) is 26.4 Å². The first-order valence-corrected chi connectivity index (χ1v) is 11.5. The van der Waals surface area contributed by atoms with Crippen LogP contribution in [0.5, 0.6) is 0 Å². The van der Waals surface area contributed by atoms with Gasteiger partial charge in [0.05, 0.1) is 26.4 Å². The molecule has 1 saturated heterocycles. The predicted molar refractivity (Wildman–Crippen MR) is 129 cm³/mol. The van der Waals surface area contributed by atoms with Gasteiger partial charge < -0.3 is 29.2 Å². The van der Waals surface area contributed by atoms with Crippen molar-refractivity contribution in [2.24, 2.45) is 5.11 Å². The first-order valence-electron chi connectivity index (χ1n) is 11.5. The Kier molecular flexibility index (Phi) is 9.05. The van der Waals surface area contributed by atoms with E-state index in [9.17, 15) is 10.2 Å². The molecule has 0 radical (unpaired) electrons. The first-order chi connectivity index (χ1) is 17.2. The Morgan fingerprint density at radius 3 is 2.43 bits per heavy atom. The molecule has 0 unspecified atom stereocenters. The van der Waals surface area contributed by atoms with Gasteiger partial charge in [0.2, 0.25) is 0 Å². The highest BCUT2D eigenvalue weighted by Crippen LogP contribution is 2.26. The smallest absolute Gasteiger partial charge is 0.186 e. The lowest BCUT2D eigenvalue weighted by Gasteiger charge is -2.42. The van der Waals surface area contributed by atoms with Gasteiger partial charge in [0, 0.05) is 11.5 Å². The molecule has 1 heterocycles. The van der Waals surface area contributed by atoms with Gasteiger partial charge in [0.15, 0.2) is 6.29 Å². The fourth-order valence-corrected chi connectivity index (χ4v) is 4.02. The predicted octanol–water partition coefficient (Wildman–Crippen LogP) is 3.72. The lowest BCUT2D eigenvalue weighted by atomic mass is 9.98. The van der Waals surface area contributed by atoms with E-state index in [0.29, 0.717) is 6.61 Å². The van der Waals surface area contributed by atoms with Crippen LogP contribution in [-0.2, 0) is 32.2 Å². The molecular formula is C26H29N3O6. The van der Waals surface area contributed by atoms with E-state index in [1.807, 2.05) is 72.8 Å². The molecule has 5 atom stereocenters. The summed E-state index contributed by atoms with van der Waals surface area (Å²) in [5, 5.41) is 27.4. The highest BCUT2D eigenvalue weighted by molar-refractivity contribution is 5.82. The highest BCUT2D eigenvalue weighted by atomic mass is 16.7. The zero-order chi connectivity index (χ0) is 24.5. The minimum absolute atomic E-state index is 0.0524. The molecule has 0 bridgehead atoms. The van der Waals surface area contributed by atoms with Gasteiger partial charge in [-0.05, 0) is 33.5 Å². The lowest BCUT2D eigenvalue weighted by Crippen LogP contribution is -2.60. The number of azide groups is 1. The second-order valence-electron chi connectivity index (χ2n) is 8.31. The van der Waals surface area contributed by atoms with Crippen LogP contribution in [0.4, 0.5) is 0 Å². The van der Waals surface area contributed by atoms with E-state index in [1.165, 1.54) is 0 Å². The molecule has 9 nitrogen and oxygen atoms in total. The molecule has 35 heavy (non-hydrogen) atoms. The van der Waals surface area contributed by atoms with E-state index in [2.05, 4.69) is 10.0 Å². The van der Waals surface area contributed by atoms with Crippen LogP contribution in [-0.4, -0.2) is 60.7 Å². The summed E-state index contributed by atoms with van der Waals surface area (Å²) in [6.45, 7) is 0.753. The molecule has 1 aliphatic rings. The van der Waals surface area contributed by atoms with Crippen molar-refractivity contribution in [3.8, 4) is 0 Å². The molecule has 0 amide bonds. The second kappa shape index (κ2) is 12.6. The number of aliphatic hydroxyl groups excluding tert-OH is 2. The van der Waals surface area contributed by atoms with Gasteiger partial charge in [-0.1, -0.05) is 71.8 Å². The van der Waals surface area contributed by atoms with Gasteiger partial charge in [-0.2, -0.15) is 0 Å². The summed E-state index contributed by atoms with van der Waals surface area (Å²) in [4.78, 5) is 2.69. The molecular weight excluding hydrogens is 450 g/mol. The Balaban J connectivity index is 1.42. The van der Waals surface area contributed by atoms with E-state index in [1.54, 1.807) is 0 Å². The summed E-state index contributed by atoms with van der Waals surface area (Å²) in [6.07, 6.45) is -5.21. The molecule has 9 heteroatoms. The molecule has 0 aliphatic carbocycles. The SMILES string of the molecule is [N-]=[N+]=NCCO[C@H]1O[C@H](COCc2ccccc2)[C@@H](O)[C@H](OCc2ccc3ccccc3c2)[C@@H]1O. The Morgan fingerprint density at radius 2 is 1.63 bits per heavy atom. The third-order valence-electron chi connectivity index (χ3n) is 5.83. The first kappa shape index (κ1) is 25.1. The molecule has 3 aromatic carbocycles. The Labute approximate surface area is 203 Å². The van der Waals surface area contributed by atoms with Crippen LogP contribution in [0.15, 0.2) is 77.9 Å². The van der Waals surface area contributed by atoms with Crippen LogP contribution < -0.4 is 0 Å². The molecule has 1 fully saturated rings. The third-order valence-corrected chi connectivity index (χ3v) is 5.83. The van der Waals surface area contributed by atoms with E-state index < -0.39 is 30.7 Å². The van der Waals surface area contributed by atoms with Crippen molar-refractivity contribution in [2.75, 3.05) is 19.8 Å². The number of rotatable bonds is 11. The lowest BCUT2D eigenvalue weighted by molar-refractivity contribution is -0.310. The summed E-state index contributed by atoms with van der Waals surface area (Å²) >= 11 is 0. The van der Waals surface area contributed by atoms with Gasteiger partial charge in [-0.15, -0.1) is 0 Å². The summed E-state index contributed by atoms with van der Waals surface area (Å²) in [5.74, 6) is 0. The second-order valence-corrected chi connectivity index (χ2v) is 8.31. The number of ether oxygens (including phenoxy) is 4. The molecule has 0 saturated carbocycles. The molecule has 3 aromatic rings. The fraction of sp³-hybridized carbons (Fsp3) is 0.385. The topological polar surface area (TPSA) is 126 Å². The van der Waals surface area contributed by atoms with Crippen LogP contribution >= 0.6 is 0 Å².